The third-order valence-corrected chi connectivity index (χ3v) is 12.1. The van der Waals surface area contributed by atoms with Gasteiger partial charge in [0.25, 0.3) is 5.91 Å². The number of rotatable bonds is 15. The molecular weight excluding hydrogens is 609 g/mol. The van der Waals surface area contributed by atoms with Crippen molar-refractivity contribution in [3.63, 3.8) is 0 Å². The molecule has 3 aliphatic heterocycles. The summed E-state index contributed by atoms with van der Waals surface area (Å²) in [6, 6.07) is 16.1. The molecule has 8 nitrogen and oxygen atoms in total. The molecule has 3 heterocycles. The Morgan fingerprint density at radius 1 is 0.957 bits per heavy atom. The first kappa shape index (κ1) is 34.8. The van der Waals surface area contributed by atoms with Crippen LogP contribution in [0.1, 0.15) is 47.0 Å². The second kappa shape index (κ2) is 14.7. The highest BCUT2D eigenvalue weighted by Crippen LogP contribution is 2.67. The van der Waals surface area contributed by atoms with Gasteiger partial charge in [0.15, 0.2) is 0 Å². The summed E-state index contributed by atoms with van der Waals surface area (Å²) in [6.07, 6.45) is 5.37. The molecule has 0 radical (unpaired) electrons. The average molecular weight is 659 g/mol. The van der Waals surface area contributed by atoms with Crippen LogP contribution in [0.2, 0.25) is 0 Å². The summed E-state index contributed by atoms with van der Waals surface area (Å²) in [6.45, 7) is 18.3. The number of carbonyl (C=O) groups excluding carboxylic acids is 3. The minimum atomic E-state index is -0.823. The number of carbonyl (C=O) groups is 3. The molecule has 2 bridgehead atoms. The van der Waals surface area contributed by atoms with Crippen molar-refractivity contribution in [2.45, 2.75) is 69.0 Å². The zero-order valence-electron chi connectivity index (χ0n) is 28.3. The number of aliphatic hydroxyl groups is 1. The van der Waals surface area contributed by atoms with E-state index in [-0.39, 0.29) is 42.0 Å². The molecule has 47 heavy (non-hydrogen) atoms. The van der Waals surface area contributed by atoms with Crippen LogP contribution < -0.4 is 14.7 Å². The molecule has 9 heteroatoms. The van der Waals surface area contributed by atoms with E-state index in [9.17, 15) is 14.7 Å². The van der Waals surface area contributed by atoms with E-state index in [1.165, 1.54) is 0 Å². The van der Waals surface area contributed by atoms with E-state index >= 15 is 4.79 Å². The smallest absolute Gasteiger partial charge is 0.251 e. The number of hydrogen-bond donors (Lipinski definition) is 1. The molecule has 3 amide bonds. The number of thioether (sulfide) groups is 1. The standard InChI is InChI=1S/C38H50N4O4S/c1-7-22-40(28-14-12-11-13-15-28)35(44)32-31-20-21-38(47-31)33(32)36(45)42(30(25-43)24-26(5)6)34(38)37(46)41(23-8-2)29-18-16-27(17-19-29)39(9-3)10-4/h7-8,11-19,26,30-34,43H,1-2,9-10,20-25H2,3-6H3/t30-,31-,32+,33+,34?,38?/m1/s1. The molecule has 2 aromatic rings. The van der Waals surface area contributed by atoms with Crippen molar-refractivity contribution < 1.29 is 19.5 Å². The summed E-state index contributed by atoms with van der Waals surface area (Å²) in [5, 5.41) is 10.6. The minimum Gasteiger partial charge on any atom is -0.394 e. The van der Waals surface area contributed by atoms with Crippen molar-refractivity contribution in [3.8, 4) is 0 Å². The Balaban J connectivity index is 1.58. The zero-order chi connectivity index (χ0) is 33.9. The fraction of sp³-hybridized carbons (Fsp3) is 0.500. The van der Waals surface area contributed by atoms with Crippen molar-refractivity contribution >= 4 is 46.5 Å². The van der Waals surface area contributed by atoms with E-state index in [0.717, 1.165) is 36.6 Å². The second-order valence-corrected chi connectivity index (χ2v) is 14.9. The second-order valence-electron chi connectivity index (χ2n) is 13.3. The third-order valence-electron chi connectivity index (χ3n) is 10.1. The predicted octanol–water partition coefficient (Wildman–Crippen LogP) is 5.77. The molecule has 3 fully saturated rings. The highest BCUT2D eigenvalue weighted by Gasteiger charge is 2.74. The van der Waals surface area contributed by atoms with Gasteiger partial charge in [-0.15, -0.1) is 24.9 Å². The largest absolute Gasteiger partial charge is 0.394 e. The van der Waals surface area contributed by atoms with E-state index in [1.807, 2.05) is 54.6 Å². The molecule has 1 spiro atoms. The molecule has 2 unspecified atom stereocenters. The first-order chi connectivity index (χ1) is 22.7. The van der Waals surface area contributed by atoms with Gasteiger partial charge in [0.2, 0.25) is 11.8 Å². The van der Waals surface area contributed by atoms with Gasteiger partial charge in [-0.05, 0) is 75.4 Å². The van der Waals surface area contributed by atoms with Crippen LogP contribution in [0.5, 0.6) is 0 Å². The average Bonchev–Trinajstić information content (AvgIpc) is 3.73. The Kier molecular flexibility index (Phi) is 10.9. The number of anilines is 3. The van der Waals surface area contributed by atoms with Gasteiger partial charge in [-0.25, -0.2) is 0 Å². The van der Waals surface area contributed by atoms with Crippen LogP contribution in [-0.4, -0.2) is 82.6 Å². The van der Waals surface area contributed by atoms with E-state index in [2.05, 4.69) is 45.8 Å². The maximum atomic E-state index is 15.1. The molecule has 6 atom stereocenters. The summed E-state index contributed by atoms with van der Waals surface area (Å²) < 4.78 is -0.777. The van der Waals surface area contributed by atoms with Crippen LogP contribution >= 0.6 is 11.8 Å². The molecule has 2 aromatic carbocycles. The first-order valence-corrected chi connectivity index (χ1v) is 17.9. The Labute approximate surface area is 284 Å². The normalized spacial score (nSPS) is 25.1. The topological polar surface area (TPSA) is 84.4 Å². The van der Waals surface area contributed by atoms with Gasteiger partial charge in [-0.2, -0.15) is 0 Å². The quantitative estimate of drug-likeness (QED) is 0.245. The van der Waals surface area contributed by atoms with Gasteiger partial charge in [-0.3, -0.25) is 14.4 Å². The molecule has 252 valence electrons. The van der Waals surface area contributed by atoms with Gasteiger partial charge in [-0.1, -0.05) is 44.2 Å². The van der Waals surface area contributed by atoms with E-state index < -0.39 is 28.7 Å². The lowest BCUT2D eigenvalue weighted by Crippen LogP contribution is -2.58. The highest BCUT2D eigenvalue weighted by atomic mass is 32.2. The number of fused-ring (bicyclic) bond motifs is 1. The predicted molar refractivity (Wildman–Crippen MR) is 193 cm³/mol. The van der Waals surface area contributed by atoms with Crippen LogP contribution in [0, 0.1) is 17.8 Å². The van der Waals surface area contributed by atoms with E-state index in [4.69, 9.17) is 0 Å². The Morgan fingerprint density at radius 2 is 1.53 bits per heavy atom. The van der Waals surface area contributed by atoms with Crippen molar-refractivity contribution in [1.29, 1.82) is 0 Å². The highest BCUT2D eigenvalue weighted by molar-refractivity contribution is 8.02. The molecule has 3 saturated heterocycles. The van der Waals surface area contributed by atoms with Crippen molar-refractivity contribution in [3.05, 3.63) is 79.9 Å². The van der Waals surface area contributed by atoms with Gasteiger partial charge in [0, 0.05) is 48.5 Å². The summed E-state index contributed by atoms with van der Waals surface area (Å²) in [5.41, 5.74) is 2.56. The Morgan fingerprint density at radius 3 is 2.09 bits per heavy atom. The number of hydrogen-bond acceptors (Lipinski definition) is 6. The van der Waals surface area contributed by atoms with Crippen molar-refractivity contribution in [2.24, 2.45) is 17.8 Å². The zero-order valence-corrected chi connectivity index (χ0v) is 29.1. The molecule has 1 N–H and O–H groups in total. The lowest BCUT2D eigenvalue weighted by molar-refractivity contribution is -0.142. The summed E-state index contributed by atoms with van der Waals surface area (Å²) >= 11 is 1.65. The molecule has 0 aromatic heterocycles. The number of para-hydroxylation sites is 1. The Hall–Kier alpha value is -3.56. The number of likely N-dealkylation sites (tertiary alicyclic amines) is 1. The van der Waals surface area contributed by atoms with Gasteiger partial charge >= 0.3 is 0 Å². The fourth-order valence-corrected chi connectivity index (χ4v) is 10.3. The van der Waals surface area contributed by atoms with Gasteiger partial charge in [0.1, 0.15) is 6.04 Å². The lowest BCUT2D eigenvalue weighted by atomic mass is 9.70. The van der Waals surface area contributed by atoms with Gasteiger partial charge in [0.05, 0.1) is 29.2 Å². The van der Waals surface area contributed by atoms with Crippen LogP contribution in [0.25, 0.3) is 0 Å². The Bertz CT molecular complexity index is 1450. The molecule has 0 aliphatic carbocycles. The number of benzene rings is 2. The first-order valence-electron chi connectivity index (χ1n) is 17.0. The SMILES string of the molecule is C=CCN(C(=O)C1N([C@@H](CO)CC(C)C)C(=O)[C@@H]2[C@@H](C(=O)N(CC=C)c3ccccc3)[C@H]3CCC12S3)c1ccc(N(CC)CC)cc1. The fourth-order valence-electron chi connectivity index (χ4n) is 8.14. The van der Waals surface area contributed by atoms with Crippen LogP contribution in [0.3, 0.4) is 0 Å². The van der Waals surface area contributed by atoms with Crippen LogP contribution in [-0.2, 0) is 14.4 Å². The van der Waals surface area contributed by atoms with Crippen LogP contribution in [0.4, 0.5) is 17.1 Å². The molecule has 5 rings (SSSR count). The van der Waals surface area contributed by atoms with Crippen LogP contribution in [0.15, 0.2) is 79.9 Å². The summed E-state index contributed by atoms with van der Waals surface area (Å²) in [7, 11) is 0. The monoisotopic (exact) mass is 658 g/mol. The van der Waals surface area contributed by atoms with E-state index in [0.29, 0.717) is 19.4 Å². The number of amides is 3. The van der Waals surface area contributed by atoms with Gasteiger partial charge < -0.3 is 24.7 Å². The minimum absolute atomic E-state index is 0.0798. The van der Waals surface area contributed by atoms with Crippen molar-refractivity contribution in [2.75, 3.05) is 47.5 Å². The summed E-state index contributed by atoms with van der Waals surface area (Å²) in [4.78, 5) is 51.8. The van der Waals surface area contributed by atoms with E-state index in [1.54, 1.807) is 38.6 Å². The maximum absolute atomic E-state index is 15.1. The van der Waals surface area contributed by atoms with Crippen molar-refractivity contribution in [1.82, 2.24) is 4.90 Å². The number of nitrogens with zero attached hydrogens (tertiary/aromatic N) is 4. The summed E-state index contributed by atoms with van der Waals surface area (Å²) in [5.74, 6) is -1.56. The molecular formula is C38H50N4O4S. The molecule has 3 aliphatic rings. The maximum Gasteiger partial charge on any atom is 0.251 e. The lowest BCUT2D eigenvalue weighted by Gasteiger charge is -2.40. The molecule has 0 saturated carbocycles. The third kappa shape index (κ3) is 6.24. The number of aliphatic hydroxyl groups excluding tert-OH is 1.